The minimum Gasteiger partial charge on any atom is -0.454 e. The number of quaternary nitrogens is 1. The van der Waals surface area contributed by atoms with E-state index in [1.165, 1.54) is 0 Å². The van der Waals surface area contributed by atoms with E-state index in [1.807, 2.05) is 91.0 Å². The summed E-state index contributed by atoms with van der Waals surface area (Å²) in [5.41, 5.74) is 2.81. The first-order valence-electron chi connectivity index (χ1n) is 12.6. The van der Waals surface area contributed by atoms with Gasteiger partial charge in [0.25, 0.3) is 0 Å². The number of piperidine rings is 3. The molecule has 3 heterocycles. The van der Waals surface area contributed by atoms with Gasteiger partial charge in [-0.1, -0.05) is 86.3 Å². The fourth-order valence-electron chi connectivity index (χ4n) is 5.67. The Bertz CT molecular complexity index is 1130. The molecule has 3 aliphatic rings. The second-order valence-corrected chi connectivity index (χ2v) is 10.00. The van der Waals surface area contributed by atoms with Crippen LogP contribution in [0.15, 0.2) is 91.0 Å². The molecule has 2 bridgehead atoms. The Morgan fingerprint density at radius 2 is 1.44 bits per heavy atom. The fraction of sp³-hybridized carbons (Fsp3) is 0.355. The molecule has 6 rings (SSSR count). The molecular formula is C31H37N2O3+. The van der Waals surface area contributed by atoms with Gasteiger partial charge >= 0.3 is 5.97 Å². The largest absolute Gasteiger partial charge is 0.454 e. The molecule has 0 spiro atoms. The molecule has 0 amide bonds. The number of ether oxygens (including phenoxy) is 1. The summed E-state index contributed by atoms with van der Waals surface area (Å²) in [6.07, 6.45) is 2.31. The van der Waals surface area contributed by atoms with Crippen LogP contribution < -0.4 is 5.32 Å². The maximum Gasteiger partial charge on any atom is 0.333 e. The molecule has 5 nitrogen and oxygen atoms in total. The van der Waals surface area contributed by atoms with E-state index < -0.39 is 6.04 Å². The van der Waals surface area contributed by atoms with Crippen molar-refractivity contribution in [3.05, 3.63) is 102 Å². The van der Waals surface area contributed by atoms with E-state index in [-0.39, 0.29) is 25.3 Å². The van der Waals surface area contributed by atoms with Crippen molar-refractivity contribution in [2.24, 2.45) is 5.92 Å². The zero-order valence-corrected chi connectivity index (χ0v) is 20.0. The number of esters is 1. The van der Waals surface area contributed by atoms with Crippen LogP contribution in [0.3, 0.4) is 0 Å². The number of ketones is 1. The lowest BCUT2D eigenvalue weighted by Gasteiger charge is -2.51. The predicted octanol–water partition coefficient (Wildman–Crippen LogP) is 5.44. The highest BCUT2D eigenvalue weighted by Gasteiger charge is 2.48. The summed E-state index contributed by atoms with van der Waals surface area (Å²) < 4.78 is 6.95. The van der Waals surface area contributed by atoms with Crippen LogP contribution in [0.25, 0.3) is 0 Å². The highest BCUT2D eigenvalue weighted by atomic mass is 16.5. The van der Waals surface area contributed by atoms with Gasteiger partial charge in [-0.25, -0.2) is 4.79 Å². The van der Waals surface area contributed by atoms with Crippen molar-refractivity contribution < 1.29 is 18.8 Å². The average Bonchev–Trinajstić information content (AvgIpc) is 2.89. The first-order valence-corrected chi connectivity index (χ1v) is 12.6. The van der Waals surface area contributed by atoms with E-state index in [1.54, 1.807) is 0 Å². The SMILES string of the molecule is C.O=C(Cc1ccccc1)C[N+]12CCC(CC1)[C@@H](OC(=O)[C@H](Nc1ccccc1)c1ccccc1)C2. The van der Waals surface area contributed by atoms with Crippen LogP contribution in [0.4, 0.5) is 5.69 Å². The molecular weight excluding hydrogens is 448 g/mol. The molecule has 0 aliphatic carbocycles. The van der Waals surface area contributed by atoms with Crippen LogP contribution in [-0.2, 0) is 20.7 Å². The molecule has 3 aliphatic heterocycles. The van der Waals surface area contributed by atoms with Crippen molar-refractivity contribution in [2.75, 3.05) is 31.5 Å². The third-order valence-electron chi connectivity index (χ3n) is 7.52. The van der Waals surface area contributed by atoms with E-state index in [9.17, 15) is 9.59 Å². The van der Waals surface area contributed by atoms with Gasteiger partial charge in [0, 0.05) is 30.9 Å². The summed E-state index contributed by atoms with van der Waals surface area (Å²) in [5, 5.41) is 3.36. The van der Waals surface area contributed by atoms with Crippen molar-refractivity contribution in [3.63, 3.8) is 0 Å². The lowest BCUT2D eigenvalue weighted by Crippen LogP contribution is -2.66. The molecule has 0 saturated carbocycles. The number of rotatable bonds is 9. The zero-order chi connectivity index (χ0) is 24.1. The topological polar surface area (TPSA) is 55.4 Å². The van der Waals surface area contributed by atoms with Gasteiger partial charge in [-0.15, -0.1) is 0 Å². The van der Waals surface area contributed by atoms with Gasteiger partial charge in [0.15, 0.2) is 17.9 Å². The van der Waals surface area contributed by atoms with Crippen molar-refractivity contribution in [1.82, 2.24) is 0 Å². The molecule has 1 N–H and O–H groups in total. The third kappa shape index (κ3) is 6.03. The summed E-state index contributed by atoms with van der Waals surface area (Å²) in [7, 11) is 0. The Morgan fingerprint density at radius 1 is 0.861 bits per heavy atom. The Labute approximate surface area is 214 Å². The summed E-state index contributed by atoms with van der Waals surface area (Å²) in [4.78, 5) is 26.5. The predicted molar refractivity (Wildman–Crippen MR) is 143 cm³/mol. The number of hydrogen-bond donors (Lipinski definition) is 1. The highest BCUT2D eigenvalue weighted by molar-refractivity contribution is 5.82. The number of Topliss-reactive ketones (excluding diaryl/α,β-unsaturated/α-hetero) is 1. The number of nitrogens with one attached hydrogen (secondary N) is 1. The molecule has 3 fully saturated rings. The third-order valence-corrected chi connectivity index (χ3v) is 7.52. The summed E-state index contributed by atoms with van der Waals surface area (Å²) >= 11 is 0. The Hall–Kier alpha value is -3.44. The van der Waals surface area contributed by atoms with Crippen LogP contribution in [0, 0.1) is 5.92 Å². The van der Waals surface area contributed by atoms with E-state index in [2.05, 4.69) is 5.32 Å². The van der Waals surface area contributed by atoms with Crippen LogP contribution in [0.1, 0.15) is 37.4 Å². The van der Waals surface area contributed by atoms with Gasteiger partial charge in [0.1, 0.15) is 13.1 Å². The second kappa shape index (κ2) is 11.5. The van der Waals surface area contributed by atoms with E-state index in [0.717, 1.165) is 53.8 Å². The van der Waals surface area contributed by atoms with Gasteiger partial charge in [-0.3, -0.25) is 4.79 Å². The van der Waals surface area contributed by atoms with Gasteiger partial charge in [-0.05, 0) is 23.3 Å². The van der Waals surface area contributed by atoms with Gasteiger partial charge < -0.3 is 14.5 Å². The number of carbonyl (C=O) groups excluding carboxylic acids is 2. The lowest BCUT2D eigenvalue weighted by atomic mass is 9.82. The lowest BCUT2D eigenvalue weighted by molar-refractivity contribution is -0.939. The monoisotopic (exact) mass is 485 g/mol. The Kier molecular flexibility index (Phi) is 8.21. The molecule has 2 atom stereocenters. The fourth-order valence-corrected chi connectivity index (χ4v) is 5.67. The van der Waals surface area contributed by atoms with E-state index >= 15 is 0 Å². The smallest absolute Gasteiger partial charge is 0.333 e. The number of benzene rings is 3. The molecule has 36 heavy (non-hydrogen) atoms. The molecule has 3 aromatic carbocycles. The first-order chi connectivity index (χ1) is 17.1. The average molecular weight is 486 g/mol. The van der Waals surface area contributed by atoms with Gasteiger partial charge in [0.2, 0.25) is 0 Å². The highest BCUT2D eigenvalue weighted by Crippen LogP contribution is 2.36. The molecule has 3 aromatic rings. The van der Waals surface area contributed by atoms with Crippen LogP contribution in [-0.4, -0.2) is 48.5 Å². The van der Waals surface area contributed by atoms with Gasteiger partial charge in [-0.2, -0.15) is 0 Å². The van der Waals surface area contributed by atoms with Crippen molar-refractivity contribution in [1.29, 1.82) is 0 Å². The van der Waals surface area contributed by atoms with Crippen LogP contribution >= 0.6 is 0 Å². The minimum absolute atomic E-state index is 0. The summed E-state index contributed by atoms with van der Waals surface area (Å²) in [5.74, 6) is 0.374. The number of nitrogens with zero attached hydrogens (tertiary/aromatic N) is 1. The summed E-state index contributed by atoms with van der Waals surface area (Å²) in [6.45, 7) is 3.22. The Balaban J connectivity index is 0.00000304. The molecule has 3 saturated heterocycles. The number of fused-ring (bicyclic) bond motifs is 3. The maximum absolute atomic E-state index is 13.5. The molecule has 0 unspecified atom stereocenters. The van der Waals surface area contributed by atoms with E-state index in [0.29, 0.717) is 18.9 Å². The normalized spacial score (nSPS) is 23.2. The van der Waals surface area contributed by atoms with Gasteiger partial charge in [0.05, 0.1) is 13.1 Å². The number of hydrogen-bond acceptors (Lipinski definition) is 4. The van der Waals surface area contributed by atoms with Crippen molar-refractivity contribution in [2.45, 2.75) is 38.8 Å². The maximum atomic E-state index is 13.5. The number of carbonyl (C=O) groups is 2. The van der Waals surface area contributed by atoms with Crippen LogP contribution in [0.5, 0.6) is 0 Å². The molecule has 0 radical (unpaired) electrons. The molecule has 188 valence electrons. The van der Waals surface area contributed by atoms with Crippen molar-refractivity contribution in [3.8, 4) is 0 Å². The van der Waals surface area contributed by atoms with Crippen molar-refractivity contribution >= 4 is 17.4 Å². The quantitative estimate of drug-likeness (QED) is 0.324. The number of anilines is 1. The minimum atomic E-state index is -0.581. The molecule has 5 heteroatoms. The number of para-hydroxylation sites is 1. The Morgan fingerprint density at radius 3 is 2.08 bits per heavy atom. The summed E-state index contributed by atoms with van der Waals surface area (Å²) in [6, 6.07) is 28.8. The standard InChI is InChI=1S/C30H33N2O3.CH4/c33-27(20-23-10-4-1-5-11-23)21-32-18-16-24(17-19-32)28(22-32)35-30(34)29(25-12-6-2-7-13-25)31-26-14-8-3-9-15-26;/h1-15,24,28-29,31H,16-22H2;1H4/q+1;/t24?,28-,29+,32?;/m0./s1. The zero-order valence-electron chi connectivity index (χ0n) is 20.0. The molecule has 0 aromatic heterocycles. The second-order valence-electron chi connectivity index (χ2n) is 10.00. The van der Waals surface area contributed by atoms with E-state index in [4.69, 9.17) is 4.74 Å². The van der Waals surface area contributed by atoms with Crippen LogP contribution in [0.2, 0.25) is 0 Å². The first kappa shape index (κ1) is 25.6.